The molecule has 1 atom stereocenters. The average Bonchev–Trinajstić information content (AvgIpc) is 2.93. The van der Waals surface area contributed by atoms with E-state index in [9.17, 15) is 9.59 Å². The Morgan fingerprint density at radius 2 is 1.96 bits per heavy atom. The number of nitrogens with one attached hydrogen (secondary N) is 2. The molecule has 1 heterocycles. The largest absolute Gasteiger partial charge is 0.345 e. The second-order valence-electron chi connectivity index (χ2n) is 6.63. The molecule has 2 rings (SSSR count). The van der Waals surface area contributed by atoms with Crippen LogP contribution in [0.2, 0.25) is 0 Å². The van der Waals surface area contributed by atoms with Gasteiger partial charge in [0.1, 0.15) is 11.9 Å². The van der Waals surface area contributed by atoms with Crippen molar-refractivity contribution in [3.05, 3.63) is 48.0 Å². The summed E-state index contributed by atoms with van der Waals surface area (Å²) in [7, 11) is 0. The lowest BCUT2D eigenvalue weighted by molar-refractivity contribution is -0.125. The highest BCUT2D eigenvalue weighted by atomic mass is 16.2. The summed E-state index contributed by atoms with van der Waals surface area (Å²) in [6, 6.07) is 7.14. The zero-order chi connectivity index (χ0) is 18.4. The molecule has 0 aliphatic rings. The predicted molar refractivity (Wildman–Crippen MR) is 98.2 cm³/mol. The van der Waals surface area contributed by atoms with E-state index in [4.69, 9.17) is 0 Å². The lowest BCUT2D eigenvalue weighted by atomic mass is 10.0. The first-order valence-electron chi connectivity index (χ1n) is 8.50. The van der Waals surface area contributed by atoms with Crippen molar-refractivity contribution in [3.8, 4) is 0 Å². The van der Waals surface area contributed by atoms with E-state index in [1.54, 1.807) is 6.20 Å². The standard InChI is InChI=1S/C19H26N4O2/c1-13(2)11-18(21-15(4)24)19(25)22-17-8-6-5-7-16(17)12-23-10-9-20-14(23)3/h5-10,13,18H,11-12H2,1-4H3,(H,21,24)(H,22,25)/t18-/m0/s1. The van der Waals surface area contributed by atoms with E-state index < -0.39 is 6.04 Å². The zero-order valence-electron chi connectivity index (χ0n) is 15.2. The van der Waals surface area contributed by atoms with Gasteiger partial charge in [0, 0.05) is 25.0 Å². The Bertz CT molecular complexity index is 737. The van der Waals surface area contributed by atoms with E-state index in [0.717, 1.165) is 17.1 Å². The van der Waals surface area contributed by atoms with Crippen molar-refractivity contribution in [2.24, 2.45) is 5.92 Å². The molecule has 6 heteroatoms. The third-order valence-electron chi connectivity index (χ3n) is 3.94. The molecule has 134 valence electrons. The summed E-state index contributed by atoms with van der Waals surface area (Å²) in [6.45, 7) is 8.04. The summed E-state index contributed by atoms with van der Waals surface area (Å²) in [5.74, 6) is 0.810. The summed E-state index contributed by atoms with van der Waals surface area (Å²) in [5, 5.41) is 5.71. The normalized spacial score (nSPS) is 12.0. The topological polar surface area (TPSA) is 76.0 Å². The van der Waals surface area contributed by atoms with Gasteiger partial charge in [-0.25, -0.2) is 4.98 Å². The van der Waals surface area contributed by atoms with Gasteiger partial charge in [0.25, 0.3) is 0 Å². The van der Waals surface area contributed by atoms with Crippen molar-refractivity contribution in [3.63, 3.8) is 0 Å². The number of anilines is 1. The summed E-state index contributed by atoms with van der Waals surface area (Å²) in [5.41, 5.74) is 1.74. The van der Waals surface area contributed by atoms with Crippen LogP contribution in [-0.4, -0.2) is 27.4 Å². The van der Waals surface area contributed by atoms with Crippen LogP contribution < -0.4 is 10.6 Å². The lowest BCUT2D eigenvalue weighted by Gasteiger charge is -2.20. The Morgan fingerprint density at radius 1 is 1.24 bits per heavy atom. The molecule has 1 aromatic heterocycles. The molecule has 0 bridgehead atoms. The van der Waals surface area contributed by atoms with Crippen LogP contribution in [0.5, 0.6) is 0 Å². The van der Waals surface area contributed by atoms with Gasteiger partial charge in [0.15, 0.2) is 0 Å². The number of imidazole rings is 1. The first-order valence-corrected chi connectivity index (χ1v) is 8.50. The molecule has 2 N–H and O–H groups in total. The monoisotopic (exact) mass is 342 g/mol. The van der Waals surface area contributed by atoms with Crippen molar-refractivity contribution in [2.75, 3.05) is 5.32 Å². The number of nitrogens with zero attached hydrogens (tertiary/aromatic N) is 2. The first kappa shape index (κ1) is 18.7. The summed E-state index contributed by atoms with van der Waals surface area (Å²) in [6.07, 6.45) is 4.26. The Balaban J connectivity index is 2.16. The van der Waals surface area contributed by atoms with E-state index in [2.05, 4.69) is 15.6 Å². The van der Waals surface area contributed by atoms with Crippen LogP contribution in [0.25, 0.3) is 0 Å². The van der Waals surface area contributed by atoms with Crippen molar-refractivity contribution in [2.45, 2.75) is 46.7 Å². The number of rotatable bonds is 7. The Labute approximate surface area is 148 Å². The molecule has 0 fully saturated rings. The van der Waals surface area contributed by atoms with Gasteiger partial charge in [-0.2, -0.15) is 0 Å². The maximum Gasteiger partial charge on any atom is 0.246 e. The van der Waals surface area contributed by atoms with E-state index in [1.165, 1.54) is 6.92 Å². The van der Waals surface area contributed by atoms with Crippen LogP contribution in [0.3, 0.4) is 0 Å². The number of amides is 2. The minimum Gasteiger partial charge on any atom is -0.345 e. The molecule has 2 aromatic rings. The third kappa shape index (κ3) is 5.45. The van der Waals surface area contributed by atoms with Crippen LogP contribution in [0.4, 0.5) is 5.69 Å². The van der Waals surface area contributed by atoms with Crippen molar-refractivity contribution in [1.82, 2.24) is 14.9 Å². The van der Waals surface area contributed by atoms with Gasteiger partial charge in [0.05, 0.1) is 6.54 Å². The highest BCUT2D eigenvalue weighted by Gasteiger charge is 2.21. The number of hydrogen-bond acceptors (Lipinski definition) is 3. The van der Waals surface area contributed by atoms with E-state index in [0.29, 0.717) is 18.9 Å². The van der Waals surface area contributed by atoms with E-state index >= 15 is 0 Å². The second kappa shape index (κ2) is 8.46. The fourth-order valence-corrected chi connectivity index (χ4v) is 2.70. The van der Waals surface area contributed by atoms with Gasteiger partial charge in [-0.1, -0.05) is 32.0 Å². The quantitative estimate of drug-likeness (QED) is 0.812. The molecular formula is C19H26N4O2. The SMILES string of the molecule is CC(=O)N[C@@H](CC(C)C)C(=O)Nc1ccccc1Cn1ccnc1C. The van der Waals surface area contributed by atoms with Crippen LogP contribution in [-0.2, 0) is 16.1 Å². The minimum absolute atomic E-state index is 0.196. The van der Waals surface area contributed by atoms with E-state index in [-0.39, 0.29) is 11.8 Å². The highest BCUT2D eigenvalue weighted by Crippen LogP contribution is 2.18. The number of carbonyl (C=O) groups excluding carboxylic acids is 2. The molecule has 0 saturated carbocycles. The van der Waals surface area contributed by atoms with Gasteiger partial charge in [-0.15, -0.1) is 0 Å². The summed E-state index contributed by atoms with van der Waals surface area (Å²) in [4.78, 5) is 28.3. The van der Waals surface area contributed by atoms with Crippen LogP contribution >= 0.6 is 0 Å². The van der Waals surface area contributed by atoms with Gasteiger partial charge >= 0.3 is 0 Å². The Hall–Kier alpha value is -2.63. The van der Waals surface area contributed by atoms with Crippen molar-refractivity contribution < 1.29 is 9.59 Å². The van der Waals surface area contributed by atoms with E-state index in [1.807, 2.05) is 55.8 Å². The molecule has 0 aliphatic heterocycles. The minimum atomic E-state index is -0.541. The first-order chi connectivity index (χ1) is 11.9. The highest BCUT2D eigenvalue weighted by molar-refractivity contribution is 5.97. The van der Waals surface area contributed by atoms with Gasteiger partial charge in [0.2, 0.25) is 11.8 Å². The Morgan fingerprint density at radius 3 is 2.56 bits per heavy atom. The predicted octanol–water partition coefficient (Wildman–Crippen LogP) is 2.73. The maximum atomic E-state index is 12.7. The van der Waals surface area contributed by atoms with Gasteiger partial charge < -0.3 is 15.2 Å². The molecule has 0 aliphatic carbocycles. The summed E-state index contributed by atoms with van der Waals surface area (Å²) < 4.78 is 2.02. The molecule has 2 amide bonds. The molecule has 0 radical (unpaired) electrons. The smallest absolute Gasteiger partial charge is 0.246 e. The number of benzene rings is 1. The third-order valence-corrected chi connectivity index (χ3v) is 3.94. The van der Waals surface area contributed by atoms with Gasteiger partial charge in [-0.3, -0.25) is 9.59 Å². The fourth-order valence-electron chi connectivity index (χ4n) is 2.70. The molecule has 0 unspecified atom stereocenters. The van der Waals surface area contributed by atoms with Crippen LogP contribution in [0.1, 0.15) is 38.6 Å². The zero-order valence-corrected chi connectivity index (χ0v) is 15.2. The molecular weight excluding hydrogens is 316 g/mol. The maximum absolute atomic E-state index is 12.7. The number of aromatic nitrogens is 2. The average molecular weight is 342 g/mol. The molecule has 0 spiro atoms. The van der Waals surface area contributed by atoms with Crippen LogP contribution in [0, 0.1) is 12.8 Å². The molecule has 0 saturated heterocycles. The number of hydrogen-bond donors (Lipinski definition) is 2. The number of para-hydroxylation sites is 1. The van der Waals surface area contributed by atoms with Crippen molar-refractivity contribution in [1.29, 1.82) is 0 Å². The molecule has 25 heavy (non-hydrogen) atoms. The fraction of sp³-hybridized carbons (Fsp3) is 0.421. The number of carbonyl (C=O) groups is 2. The second-order valence-corrected chi connectivity index (χ2v) is 6.63. The van der Waals surface area contributed by atoms with Crippen LogP contribution in [0.15, 0.2) is 36.7 Å². The summed E-state index contributed by atoms with van der Waals surface area (Å²) >= 11 is 0. The molecule has 1 aromatic carbocycles. The van der Waals surface area contributed by atoms with Gasteiger partial charge in [-0.05, 0) is 30.9 Å². The Kier molecular flexibility index (Phi) is 6.33. The lowest BCUT2D eigenvalue weighted by Crippen LogP contribution is -2.43. The number of aryl methyl sites for hydroxylation is 1. The van der Waals surface area contributed by atoms with Crippen molar-refractivity contribution >= 4 is 17.5 Å². The molecule has 6 nitrogen and oxygen atoms in total.